The lowest BCUT2D eigenvalue weighted by Gasteiger charge is -2.11. The molecule has 8 heteroatoms. The summed E-state index contributed by atoms with van der Waals surface area (Å²) in [6.45, 7) is -1.01. The molecule has 1 rings (SSSR count). The highest BCUT2D eigenvalue weighted by molar-refractivity contribution is 6.37. The number of carbonyl (C=O) groups excluding carboxylic acids is 1. The Kier molecular flexibility index (Phi) is 6.27. The molecule has 0 spiro atoms. The molecule has 1 amide bonds. The van der Waals surface area contributed by atoms with Gasteiger partial charge in [-0.3, -0.25) is 4.79 Å². The van der Waals surface area contributed by atoms with E-state index in [2.05, 4.69) is 10.1 Å². The molecule has 1 N–H and O–H groups in total. The van der Waals surface area contributed by atoms with Crippen LogP contribution in [0.4, 0.5) is 14.5 Å². The number of carbonyl (C=O) groups is 1. The van der Waals surface area contributed by atoms with Gasteiger partial charge in [-0.25, -0.2) is 0 Å². The predicted molar refractivity (Wildman–Crippen MR) is 68.2 cm³/mol. The van der Waals surface area contributed by atoms with Crippen LogP contribution in [0.5, 0.6) is 5.75 Å². The number of hydrogen-bond acceptors (Lipinski definition) is 3. The molecule has 0 aliphatic heterocycles. The van der Waals surface area contributed by atoms with Crippen LogP contribution in [0.2, 0.25) is 10.0 Å². The number of halogens is 4. The van der Waals surface area contributed by atoms with Gasteiger partial charge in [-0.2, -0.15) is 8.78 Å². The summed E-state index contributed by atoms with van der Waals surface area (Å²) in [6.07, 6.45) is 0. The van der Waals surface area contributed by atoms with E-state index >= 15 is 0 Å². The van der Waals surface area contributed by atoms with Crippen LogP contribution in [0.15, 0.2) is 12.1 Å². The summed E-state index contributed by atoms with van der Waals surface area (Å²) in [7, 11) is 0. The molecule has 1 aromatic rings. The zero-order valence-corrected chi connectivity index (χ0v) is 11.4. The van der Waals surface area contributed by atoms with Crippen molar-refractivity contribution >= 4 is 34.8 Å². The first-order valence-electron chi connectivity index (χ1n) is 5.25. The highest BCUT2D eigenvalue weighted by atomic mass is 35.5. The molecule has 0 fully saturated rings. The maximum Gasteiger partial charge on any atom is 0.387 e. The molecule has 0 atom stereocenters. The standard InChI is InChI=1S/C11H11Cl2F2NO3/c1-2-18-5-9(17)16-6-3-7(12)10(8(13)4-6)19-11(14)15/h3-4,11H,2,5H2,1H3,(H,16,17). The van der Waals surface area contributed by atoms with Crippen LogP contribution in [0.1, 0.15) is 6.92 Å². The van der Waals surface area contributed by atoms with Crippen molar-refractivity contribution < 1.29 is 23.0 Å². The van der Waals surface area contributed by atoms with Gasteiger partial charge in [0.2, 0.25) is 5.91 Å². The smallest absolute Gasteiger partial charge is 0.387 e. The first-order valence-corrected chi connectivity index (χ1v) is 6.01. The summed E-state index contributed by atoms with van der Waals surface area (Å²) in [5.41, 5.74) is 0.265. The van der Waals surface area contributed by atoms with E-state index in [9.17, 15) is 13.6 Å². The van der Waals surface area contributed by atoms with E-state index in [1.165, 1.54) is 12.1 Å². The highest BCUT2D eigenvalue weighted by Crippen LogP contribution is 2.36. The molecule has 106 valence electrons. The van der Waals surface area contributed by atoms with Gasteiger partial charge in [-0.05, 0) is 19.1 Å². The van der Waals surface area contributed by atoms with Crippen LogP contribution in [0.3, 0.4) is 0 Å². The van der Waals surface area contributed by atoms with Crippen molar-refractivity contribution in [2.75, 3.05) is 18.5 Å². The zero-order chi connectivity index (χ0) is 14.4. The second kappa shape index (κ2) is 7.47. The summed E-state index contributed by atoms with van der Waals surface area (Å²) in [5, 5.41) is 2.21. The second-order valence-electron chi connectivity index (χ2n) is 3.33. The maximum atomic E-state index is 12.1. The van der Waals surface area contributed by atoms with Crippen LogP contribution < -0.4 is 10.1 Å². The summed E-state index contributed by atoms with van der Waals surface area (Å²) >= 11 is 11.5. The first kappa shape index (κ1) is 15.9. The number of hydrogen-bond donors (Lipinski definition) is 1. The van der Waals surface area contributed by atoms with Crippen molar-refractivity contribution in [3.8, 4) is 5.75 Å². The van der Waals surface area contributed by atoms with Gasteiger partial charge in [0.25, 0.3) is 0 Å². The Labute approximate surface area is 118 Å². The monoisotopic (exact) mass is 313 g/mol. The van der Waals surface area contributed by atoms with E-state index in [-0.39, 0.29) is 28.1 Å². The van der Waals surface area contributed by atoms with Crippen LogP contribution >= 0.6 is 23.2 Å². The van der Waals surface area contributed by atoms with Crippen molar-refractivity contribution in [2.45, 2.75) is 13.5 Å². The normalized spacial score (nSPS) is 10.6. The molecule has 0 unspecified atom stereocenters. The largest absolute Gasteiger partial charge is 0.432 e. The lowest BCUT2D eigenvalue weighted by atomic mass is 10.3. The van der Waals surface area contributed by atoms with Crippen molar-refractivity contribution in [1.29, 1.82) is 0 Å². The number of alkyl halides is 2. The molecule has 0 aliphatic rings. The lowest BCUT2D eigenvalue weighted by Crippen LogP contribution is -2.18. The Morgan fingerprint density at radius 1 is 1.37 bits per heavy atom. The molecule has 0 heterocycles. The molecule has 4 nitrogen and oxygen atoms in total. The number of nitrogens with one attached hydrogen (secondary N) is 1. The molecule has 0 bridgehead atoms. The Morgan fingerprint density at radius 2 is 1.95 bits per heavy atom. The van der Waals surface area contributed by atoms with E-state index in [1.807, 2.05) is 0 Å². The van der Waals surface area contributed by atoms with E-state index in [4.69, 9.17) is 27.9 Å². The number of benzene rings is 1. The Morgan fingerprint density at radius 3 is 2.42 bits per heavy atom. The van der Waals surface area contributed by atoms with E-state index in [0.717, 1.165) is 0 Å². The van der Waals surface area contributed by atoms with Gasteiger partial charge >= 0.3 is 6.61 Å². The third kappa shape index (κ3) is 5.18. The lowest BCUT2D eigenvalue weighted by molar-refractivity contribution is -0.120. The Balaban J connectivity index is 2.80. The van der Waals surface area contributed by atoms with E-state index in [1.54, 1.807) is 6.92 Å². The predicted octanol–water partition coefficient (Wildman–Crippen LogP) is 3.57. The quantitative estimate of drug-likeness (QED) is 0.873. The fraction of sp³-hybridized carbons (Fsp3) is 0.364. The zero-order valence-electron chi connectivity index (χ0n) is 9.88. The molecule has 0 radical (unpaired) electrons. The fourth-order valence-corrected chi connectivity index (χ4v) is 1.80. The summed E-state index contributed by atoms with van der Waals surface area (Å²) in [4.78, 5) is 11.4. The van der Waals surface area contributed by atoms with Crippen molar-refractivity contribution in [1.82, 2.24) is 0 Å². The topological polar surface area (TPSA) is 47.6 Å². The van der Waals surface area contributed by atoms with Gasteiger partial charge in [0.05, 0.1) is 10.0 Å². The maximum absolute atomic E-state index is 12.1. The van der Waals surface area contributed by atoms with Gasteiger partial charge in [0.1, 0.15) is 6.61 Å². The van der Waals surface area contributed by atoms with Crippen LogP contribution in [0.25, 0.3) is 0 Å². The SMILES string of the molecule is CCOCC(=O)Nc1cc(Cl)c(OC(F)F)c(Cl)c1. The highest BCUT2D eigenvalue weighted by Gasteiger charge is 2.15. The molecule has 1 aromatic carbocycles. The molecule has 0 saturated heterocycles. The van der Waals surface area contributed by atoms with E-state index in [0.29, 0.717) is 6.61 Å². The summed E-state index contributed by atoms with van der Waals surface area (Å²) < 4.78 is 33.3. The molecule has 0 saturated carbocycles. The van der Waals surface area contributed by atoms with Gasteiger partial charge in [-0.15, -0.1) is 0 Å². The number of anilines is 1. The van der Waals surface area contributed by atoms with Crippen LogP contribution in [-0.2, 0) is 9.53 Å². The second-order valence-corrected chi connectivity index (χ2v) is 4.15. The summed E-state index contributed by atoms with van der Waals surface area (Å²) in [6, 6.07) is 2.52. The molecule has 0 aromatic heterocycles. The van der Waals surface area contributed by atoms with Gasteiger partial charge < -0.3 is 14.8 Å². The van der Waals surface area contributed by atoms with E-state index < -0.39 is 12.5 Å². The number of ether oxygens (including phenoxy) is 2. The number of amides is 1. The third-order valence-electron chi connectivity index (χ3n) is 1.93. The van der Waals surface area contributed by atoms with Crippen molar-refractivity contribution in [3.63, 3.8) is 0 Å². The van der Waals surface area contributed by atoms with Crippen molar-refractivity contribution in [2.24, 2.45) is 0 Å². The Bertz CT molecular complexity index is 435. The van der Waals surface area contributed by atoms with Crippen molar-refractivity contribution in [3.05, 3.63) is 22.2 Å². The minimum atomic E-state index is -3.03. The van der Waals surface area contributed by atoms with Gasteiger partial charge in [0, 0.05) is 12.3 Å². The molecule has 19 heavy (non-hydrogen) atoms. The minimum absolute atomic E-state index is 0.124. The third-order valence-corrected chi connectivity index (χ3v) is 2.49. The molecule has 0 aliphatic carbocycles. The molecular formula is C11H11Cl2F2NO3. The van der Waals surface area contributed by atoms with Crippen LogP contribution in [-0.4, -0.2) is 25.7 Å². The first-order chi connectivity index (χ1) is 8.93. The van der Waals surface area contributed by atoms with Crippen LogP contribution in [0, 0.1) is 0 Å². The average Bonchev–Trinajstić information content (AvgIpc) is 2.31. The average molecular weight is 314 g/mol. The van der Waals surface area contributed by atoms with Gasteiger partial charge in [-0.1, -0.05) is 23.2 Å². The fourth-order valence-electron chi connectivity index (χ4n) is 1.23. The summed E-state index contributed by atoms with van der Waals surface area (Å²) in [5.74, 6) is -0.738. The molecular weight excluding hydrogens is 303 g/mol. The number of rotatable bonds is 6. The minimum Gasteiger partial charge on any atom is -0.432 e. The van der Waals surface area contributed by atoms with Gasteiger partial charge in [0.15, 0.2) is 5.75 Å². The Hall–Kier alpha value is -1.11.